The van der Waals surface area contributed by atoms with E-state index in [1.165, 1.54) is 0 Å². The van der Waals surface area contributed by atoms with Gasteiger partial charge in [-0.2, -0.15) is 10.3 Å². The smallest absolute Gasteiger partial charge is 0.413 e. The second-order valence-corrected chi connectivity index (χ2v) is 3.44. The van der Waals surface area contributed by atoms with Crippen LogP contribution in [0, 0.1) is 6.92 Å². The number of nitrogens with zero attached hydrogens (tertiary/aromatic N) is 2. The molecule has 0 spiro atoms. The second-order valence-electron chi connectivity index (χ2n) is 3.44. The number of nitrogens with one attached hydrogen (secondary N) is 2. The topological polar surface area (TPSA) is 79.9 Å². The number of ether oxygens (including phenoxy) is 1. The van der Waals surface area contributed by atoms with Gasteiger partial charge in [-0.3, -0.25) is 5.32 Å². The van der Waals surface area contributed by atoms with Gasteiger partial charge in [0.1, 0.15) is 12.3 Å². The predicted octanol–water partition coefficient (Wildman–Crippen LogP) is 3.38. The van der Waals surface area contributed by atoms with Crippen molar-refractivity contribution in [1.29, 1.82) is 0 Å². The molecule has 1 heterocycles. The summed E-state index contributed by atoms with van der Waals surface area (Å²) in [5.41, 5.74) is 1.45. The summed E-state index contributed by atoms with van der Waals surface area (Å²) in [7, 11) is 0. The van der Waals surface area contributed by atoms with E-state index >= 15 is 0 Å². The minimum absolute atomic E-state index is 0.166. The van der Waals surface area contributed by atoms with Crippen molar-refractivity contribution in [3.63, 3.8) is 0 Å². The van der Waals surface area contributed by atoms with Gasteiger partial charge in [0.05, 0.1) is 0 Å². The Morgan fingerprint density at radius 1 is 1.45 bits per heavy atom. The van der Waals surface area contributed by atoms with Crippen LogP contribution in [-0.4, -0.2) is 28.1 Å². The maximum absolute atomic E-state index is 11.5. The number of aromatic amines is 1. The molecule has 110 valence electrons. The summed E-state index contributed by atoms with van der Waals surface area (Å²) in [5, 5.41) is 12.4. The lowest BCUT2D eigenvalue weighted by Gasteiger charge is -2.05. The van der Waals surface area contributed by atoms with Gasteiger partial charge in [-0.1, -0.05) is 44.7 Å². The summed E-state index contributed by atoms with van der Waals surface area (Å²) >= 11 is 0. The lowest BCUT2D eigenvalue weighted by atomic mass is 10.2. The molecule has 6 nitrogen and oxygen atoms in total. The van der Waals surface area contributed by atoms with Crippen LogP contribution in [0.25, 0.3) is 0 Å². The van der Waals surface area contributed by atoms with Gasteiger partial charge in [0.15, 0.2) is 5.82 Å². The number of allylic oxidation sites excluding steroid dienone is 3. The molecule has 0 atom stereocenters. The van der Waals surface area contributed by atoms with Crippen molar-refractivity contribution in [3.8, 4) is 0 Å². The number of aromatic nitrogens is 3. The molecule has 0 aliphatic carbocycles. The Kier molecular flexibility index (Phi) is 9.29. The third kappa shape index (κ3) is 6.53. The Bertz CT molecular complexity index is 475. The highest BCUT2D eigenvalue weighted by Gasteiger charge is 2.08. The molecule has 0 fully saturated rings. The molecule has 1 amide bonds. The fraction of sp³-hybridized carbons (Fsp3) is 0.357. The number of hydrogen-bond donors (Lipinski definition) is 2. The Labute approximate surface area is 119 Å². The van der Waals surface area contributed by atoms with Crippen molar-refractivity contribution in [2.45, 2.75) is 27.7 Å². The zero-order valence-electron chi connectivity index (χ0n) is 12.4. The average molecular weight is 278 g/mol. The minimum atomic E-state index is -0.577. The van der Waals surface area contributed by atoms with Gasteiger partial charge in [0.2, 0.25) is 0 Å². The summed E-state index contributed by atoms with van der Waals surface area (Å²) < 4.78 is 5.04. The highest BCUT2D eigenvalue weighted by Crippen LogP contribution is 2.06. The number of H-pyrrole nitrogens is 1. The SMILES string of the molecule is C=C/C=C(\C=C/C)COC(=O)Nc1n[nH]nc1C.CC. The normalized spacial score (nSPS) is 10.7. The molecule has 20 heavy (non-hydrogen) atoms. The summed E-state index contributed by atoms with van der Waals surface area (Å²) in [6.45, 7) is 11.4. The Morgan fingerprint density at radius 3 is 2.65 bits per heavy atom. The number of amides is 1. The van der Waals surface area contributed by atoms with Gasteiger partial charge in [-0.15, -0.1) is 5.10 Å². The first-order valence-electron chi connectivity index (χ1n) is 6.42. The van der Waals surface area contributed by atoms with Crippen LogP contribution in [0.15, 0.2) is 36.5 Å². The van der Waals surface area contributed by atoms with E-state index < -0.39 is 6.09 Å². The van der Waals surface area contributed by atoms with E-state index in [2.05, 4.69) is 27.3 Å². The highest BCUT2D eigenvalue weighted by atomic mass is 16.5. The highest BCUT2D eigenvalue weighted by molar-refractivity contribution is 5.83. The van der Waals surface area contributed by atoms with Gasteiger partial charge in [0, 0.05) is 0 Å². The zero-order valence-corrected chi connectivity index (χ0v) is 12.4. The summed E-state index contributed by atoms with van der Waals surface area (Å²) in [6, 6.07) is 0. The summed E-state index contributed by atoms with van der Waals surface area (Å²) in [4.78, 5) is 11.5. The Morgan fingerprint density at radius 2 is 2.15 bits per heavy atom. The number of rotatable bonds is 5. The van der Waals surface area contributed by atoms with Gasteiger partial charge in [-0.25, -0.2) is 4.79 Å². The fourth-order valence-corrected chi connectivity index (χ4v) is 1.20. The first kappa shape index (κ1) is 17.6. The molecule has 0 unspecified atom stereocenters. The van der Waals surface area contributed by atoms with Crippen molar-refractivity contribution in [1.82, 2.24) is 15.4 Å². The van der Waals surface area contributed by atoms with Crippen LogP contribution >= 0.6 is 0 Å². The quantitative estimate of drug-likeness (QED) is 0.809. The largest absolute Gasteiger partial charge is 0.444 e. The van der Waals surface area contributed by atoms with Crippen LogP contribution in [0.4, 0.5) is 10.6 Å². The van der Waals surface area contributed by atoms with Crippen molar-refractivity contribution in [2.75, 3.05) is 11.9 Å². The molecular weight excluding hydrogens is 256 g/mol. The lowest BCUT2D eigenvalue weighted by Crippen LogP contribution is -2.15. The molecule has 1 rings (SSSR count). The lowest BCUT2D eigenvalue weighted by molar-refractivity contribution is 0.172. The van der Waals surface area contributed by atoms with E-state index in [4.69, 9.17) is 4.74 Å². The molecule has 2 N–H and O–H groups in total. The molecular formula is C14H22N4O2. The number of aryl methyl sites for hydroxylation is 1. The van der Waals surface area contributed by atoms with Crippen LogP contribution < -0.4 is 5.32 Å². The van der Waals surface area contributed by atoms with E-state index in [-0.39, 0.29) is 6.61 Å². The van der Waals surface area contributed by atoms with Gasteiger partial charge < -0.3 is 4.74 Å². The fourth-order valence-electron chi connectivity index (χ4n) is 1.20. The van der Waals surface area contributed by atoms with Gasteiger partial charge >= 0.3 is 6.09 Å². The number of hydrogen-bond acceptors (Lipinski definition) is 4. The predicted molar refractivity (Wildman–Crippen MR) is 80.5 cm³/mol. The monoisotopic (exact) mass is 278 g/mol. The van der Waals surface area contributed by atoms with Crippen LogP contribution in [0.5, 0.6) is 0 Å². The number of carbonyl (C=O) groups is 1. The van der Waals surface area contributed by atoms with E-state index in [1.807, 2.05) is 32.9 Å². The van der Waals surface area contributed by atoms with Crippen molar-refractivity contribution in [2.24, 2.45) is 0 Å². The Balaban J connectivity index is 0.00000172. The van der Waals surface area contributed by atoms with E-state index in [0.717, 1.165) is 5.57 Å². The number of carbonyl (C=O) groups excluding carboxylic acids is 1. The molecule has 0 saturated heterocycles. The Hall–Kier alpha value is -2.37. The molecule has 0 saturated carbocycles. The molecule has 0 radical (unpaired) electrons. The third-order valence-corrected chi connectivity index (χ3v) is 2.03. The van der Waals surface area contributed by atoms with Gasteiger partial charge in [-0.05, 0) is 19.4 Å². The first-order chi connectivity index (χ1) is 9.67. The molecule has 0 bridgehead atoms. The maximum Gasteiger partial charge on any atom is 0.413 e. The van der Waals surface area contributed by atoms with Crippen molar-refractivity contribution >= 4 is 11.9 Å². The van der Waals surface area contributed by atoms with Crippen molar-refractivity contribution < 1.29 is 9.53 Å². The maximum atomic E-state index is 11.5. The van der Waals surface area contributed by atoms with Crippen LogP contribution in [0.1, 0.15) is 26.5 Å². The number of anilines is 1. The first-order valence-corrected chi connectivity index (χ1v) is 6.42. The molecule has 0 aliphatic heterocycles. The van der Waals surface area contributed by atoms with Crippen LogP contribution in [-0.2, 0) is 4.74 Å². The van der Waals surface area contributed by atoms with E-state index in [1.54, 1.807) is 19.1 Å². The van der Waals surface area contributed by atoms with E-state index in [9.17, 15) is 4.79 Å². The molecule has 1 aromatic rings. The molecule has 0 aliphatic rings. The molecule has 1 aromatic heterocycles. The van der Waals surface area contributed by atoms with Crippen LogP contribution in [0.2, 0.25) is 0 Å². The standard InChI is InChI=1S/C12H16N4O2.C2H6/c1-4-6-10(7-5-2)8-18-12(17)13-11-9(3)14-16-15-11;1-2/h4-7H,1,8H2,2-3H3,(H2,13,14,15,16,17);1-2H3/b7-5-,10-6+;. The van der Waals surface area contributed by atoms with Crippen molar-refractivity contribution in [3.05, 3.63) is 42.2 Å². The van der Waals surface area contributed by atoms with E-state index in [0.29, 0.717) is 11.5 Å². The van der Waals surface area contributed by atoms with Gasteiger partial charge in [0.25, 0.3) is 0 Å². The third-order valence-electron chi connectivity index (χ3n) is 2.03. The zero-order chi connectivity index (χ0) is 15.4. The minimum Gasteiger partial charge on any atom is -0.444 e. The molecule has 0 aromatic carbocycles. The summed E-state index contributed by atoms with van der Waals surface area (Å²) in [6.07, 6.45) is 6.54. The van der Waals surface area contributed by atoms with Crippen LogP contribution in [0.3, 0.4) is 0 Å². The second kappa shape index (κ2) is 10.5. The molecule has 6 heteroatoms. The summed E-state index contributed by atoms with van der Waals surface area (Å²) in [5.74, 6) is 0.361. The average Bonchev–Trinajstić information content (AvgIpc) is 2.84.